The fourth-order valence-electron chi connectivity index (χ4n) is 2.48. The maximum Gasteiger partial charge on any atom is 0.274 e. The van der Waals surface area contributed by atoms with Gasteiger partial charge in [0.05, 0.1) is 5.02 Å². The van der Waals surface area contributed by atoms with Crippen LogP contribution in [0.4, 0.5) is 5.82 Å². The van der Waals surface area contributed by atoms with E-state index < -0.39 is 0 Å². The van der Waals surface area contributed by atoms with Crippen LogP contribution in [-0.2, 0) is 0 Å². The Morgan fingerprint density at radius 1 is 1.45 bits per heavy atom. The molecule has 0 radical (unpaired) electrons. The molecule has 1 fully saturated rings. The van der Waals surface area contributed by atoms with E-state index in [4.69, 9.17) is 11.6 Å². The smallest absolute Gasteiger partial charge is 0.274 e. The maximum atomic E-state index is 12.5. The topological polar surface area (TPSA) is 45.2 Å². The molecule has 1 aromatic rings. The van der Waals surface area contributed by atoms with Crippen LogP contribution in [0, 0.1) is 5.41 Å². The van der Waals surface area contributed by atoms with E-state index in [1.165, 1.54) is 0 Å². The number of halogens is 1. The number of hydrogen-bond donors (Lipinski definition) is 1. The number of aromatic nitrogens is 1. The van der Waals surface area contributed by atoms with Crippen LogP contribution in [0.15, 0.2) is 12.1 Å². The fourth-order valence-corrected chi connectivity index (χ4v) is 2.67. The van der Waals surface area contributed by atoms with Crippen LogP contribution < -0.4 is 5.32 Å². The molecule has 110 valence electrons. The van der Waals surface area contributed by atoms with Gasteiger partial charge in [-0.3, -0.25) is 4.79 Å². The van der Waals surface area contributed by atoms with Gasteiger partial charge in [-0.25, -0.2) is 4.98 Å². The lowest BCUT2D eigenvalue weighted by atomic mass is 9.78. The van der Waals surface area contributed by atoms with Gasteiger partial charge in [0.1, 0.15) is 11.5 Å². The van der Waals surface area contributed by atoms with E-state index in [-0.39, 0.29) is 5.91 Å². The summed E-state index contributed by atoms with van der Waals surface area (Å²) in [4.78, 5) is 18.7. The van der Waals surface area contributed by atoms with Crippen molar-refractivity contribution in [3.63, 3.8) is 0 Å². The van der Waals surface area contributed by atoms with Crippen molar-refractivity contribution < 1.29 is 4.79 Å². The summed E-state index contributed by atoms with van der Waals surface area (Å²) >= 11 is 6.11. The minimum Gasteiger partial charge on any atom is -0.373 e. The largest absolute Gasteiger partial charge is 0.373 e. The molecule has 20 heavy (non-hydrogen) atoms. The lowest BCUT2D eigenvalue weighted by Gasteiger charge is -2.38. The van der Waals surface area contributed by atoms with Gasteiger partial charge in [0.15, 0.2) is 0 Å². The Labute approximate surface area is 125 Å². The minimum atomic E-state index is -0.0646. The molecule has 0 bridgehead atoms. The van der Waals surface area contributed by atoms with Crippen molar-refractivity contribution in [3.8, 4) is 0 Å². The van der Waals surface area contributed by atoms with Gasteiger partial charge in [0, 0.05) is 20.1 Å². The summed E-state index contributed by atoms with van der Waals surface area (Å²) in [5.74, 6) is 0.596. The summed E-state index contributed by atoms with van der Waals surface area (Å²) in [6.45, 7) is 6.07. The highest BCUT2D eigenvalue weighted by atomic mass is 35.5. The third kappa shape index (κ3) is 3.06. The Balaban J connectivity index is 2.13. The van der Waals surface area contributed by atoms with Crippen molar-refractivity contribution in [2.24, 2.45) is 5.41 Å². The van der Waals surface area contributed by atoms with E-state index in [9.17, 15) is 4.79 Å². The molecule has 0 aromatic carbocycles. The SMILES string of the molecule is CCC1(C)CCN(C(=O)c2nc(NC)ccc2Cl)CC1. The Bertz CT molecular complexity index is 496. The quantitative estimate of drug-likeness (QED) is 0.929. The van der Waals surface area contributed by atoms with Crippen molar-refractivity contribution in [1.29, 1.82) is 0 Å². The first kappa shape index (κ1) is 15.1. The van der Waals surface area contributed by atoms with Crippen molar-refractivity contribution in [2.45, 2.75) is 33.1 Å². The van der Waals surface area contributed by atoms with Crippen molar-refractivity contribution in [3.05, 3.63) is 22.8 Å². The number of carbonyl (C=O) groups excluding carboxylic acids is 1. The van der Waals surface area contributed by atoms with E-state index in [1.54, 1.807) is 19.2 Å². The van der Waals surface area contributed by atoms with E-state index in [0.717, 1.165) is 32.4 Å². The lowest BCUT2D eigenvalue weighted by Crippen LogP contribution is -2.42. The fraction of sp³-hybridized carbons (Fsp3) is 0.600. The van der Waals surface area contributed by atoms with Gasteiger partial charge >= 0.3 is 0 Å². The second kappa shape index (κ2) is 6.00. The van der Waals surface area contributed by atoms with Crippen LogP contribution in [0.3, 0.4) is 0 Å². The molecule has 0 spiro atoms. The van der Waals surface area contributed by atoms with Crippen LogP contribution in [0.2, 0.25) is 5.02 Å². The molecule has 0 aliphatic carbocycles. The Morgan fingerprint density at radius 2 is 2.10 bits per heavy atom. The third-order valence-electron chi connectivity index (χ3n) is 4.42. The molecular formula is C15H22ClN3O. The Morgan fingerprint density at radius 3 is 2.65 bits per heavy atom. The van der Waals surface area contributed by atoms with Crippen LogP contribution in [-0.4, -0.2) is 35.9 Å². The number of amides is 1. The molecule has 1 aliphatic rings. The van der Waals surface area contributed by atoms with Crippen molar-refractivity contribution in [1.82, 2.24) is 9.88 Å². The third-order valence-corrected chi connectivity index (χ3v) is 4.72. The molecule has 0 saturated carbocycles. The molecule has 0 atom stereocenters. The van der Waals surface area contributed by atoms with E-state index in [1.807, 2.05) is 4.90 Å². The predicted octanol–water partition coefficient (Wildman–Crippen LogP) is 3.43. The minimum absolute atomic E-state index is 0.0646. The van der Waals surface area contributed by atoms with E-state index in [0.29, 0.717) is 21.9 Å². The van der Waals surface area contributed by atoms with E-state index in [2.05, 4.69) is 24.1 Å². The first-order valence-electron chi connectivity index (χ1n) is 7.12. The lowest BCUT2D eigenvalue weighted by molar-refractivity contribution is 0.0595. The predicted molar refractivity (Wildman–Crippen MR) is 82.3 cm³/mol. The number of likely N-dealkylation sites (tertiary alicyclic amines) is 1. The molecule has 2 rings (SSSR count). The average molecular weight is 296 g/mol. The molecule has 4 nitrogen and oxygen atoms in total. The number of anilines is 1. The zero-order valence-corrected chi connectivity index (χ0v) is 13.1. The Hall–Kier alpha value is -1.29. The number of hydrogen-bond acceptors (Lipinski definition) is 3. The first-order valence-corrected chi connectivity index (χ1v) is 7.50. The summed E-state index contributed by atoms with van der Waals surface area (Å²) < 4.78 is 0. The molecule has 0 unspecified atom stereocenters. The van der Waals surface area contributed by atoms with Crippen molar-refractivity contribution in [2.75, 3.05) is 25.5 Å². The molecule has 1 N–H and O–H groups in total. The second-order valence-corrected chi connectivity index (χ2v) is 6.14. The monoisotopic (exact) mass is 295 g/mol. The molecule has 1 saturated heterocycles. The number of carbonyl (C=O) groups is 1. The zero-order valence-electron chi connectivity index (χ0n) is 12.4. The highest BCUT2D eigenvalue weighted by Crippen LogP contribution is 2.34. The van der Waals surface area contributed by atoms with Gasteiger partial charge in [-0.1, -0.05) is 31.9 Å². The van der Waals surface area contributed by atoms with Gasteiger partial charge in [-0.05, 0) is 30.4 Å². The molecule has 1 aromatic heterocycles. The number of pyridine rings is 1. The molecule has 1 amide bonds. The van der Waals surface area contributed by atoms with Gasteiger partial charge in [0.2, 0.25) is 0 Å². The normalized spacial score (nSPS) is 17.9. The number of nitrogens with one attached hydrogen (secondary N) is 1. The van der Waals surface area contributed by atoms with Gasteiger partial charge in [0.25, 0.3) is 5.91 Å². The van der Waals surface area contributed by atoms with Crippen LogP contribution in [0.25, 0.3) is 0 Å². The highest BCUT2D eigenvalue weighted by Gasteiger charge is 2.31. The Kier molecular flexibility index (Phi) is 4.53. The maximum absolute atomic E-state index is 12.5. The summed E-state index contributed by atoms with van der Waals surface area (Å²) in [7, 11) is 1.78. The standard InChI is InChI=1S/C15H22ClN3O/c1-4-15(2)7-9-19(10-8-15)14(20)13-11(16)5-6-12(17-3)18-13/h5-6H,4,7-10H2,1-3H3,(H,17,18). The number of nitrogens with zero attached hydrogens (tertiary/aromatic N) is 2. The van der Waals surface area contributed by atoms with Crippen LogP contribution in [0.1, 0.15) is 43.6 Å². The molecule has 1 aliphatic heterocycles. The molecule has 2 heterocycles. The summed E-state index contributed by atoms with van der Waals surface area (Å²) in [5, 5.41) is 3.35. The summed E-state index contributed by atoms with van der Waals surface area (Å²) in [6, 6.07) is 3.48. The molecular weight excluding hydrogens is 274 g/mol. The van der Waals surface area contributed by atoms with Gasteiger partial charge in [-0.2, -0.15) is 0 Å². The summed E-state index contributed by atoms with van der Waals surface area (Å²) in [6.07, 6.45) is 3.24. The van der Waals surface area contributed by atoms with Gasteiger partial charge < -0.3 is 10.2 Å². The summed E-state index contributed by atoms with van der Waals surface area (Å²) in [5.41, 5.74) is 0.708. The zero-order chi connectivity index (χ0) is 14.8. The second-order valence-electron chi connectivity index (χ2n) is 5.73. The number of piperidine rings is 1. The van der Waals surface area contributed by atoms with Crippen molar-refractivity contribution >= 4 is 23.3 Å². The highest BCUT2D eigenvalue weighted by molar-refractivity contribution is 6.33. The molecule has 5 heteroatoms. The van der Waals surface area contributed by atoms with Gasteiger partial charge in [-0.15, -0.1) is 0 Å². The van der Waals surface area contributed by atoms with Crippen LogP contribution >= 0.6 is 11.6 Å². The van der Waals surface area contributed by atoms with E-state index >= 15 is 0 Å². The first-order chi connectivity index (χ1) is 9.49. The average Bonchev–Trinajstić information content (AvgIpc) is 2.48. The van der Waals surface area contributed by atoms with Crippen LogP contribution in [0.5, 0.6) is 0 Å². The number of rotatable bonds is 3.